The SMILES string of the molecule is C=CCOC1c2ccccc2Oc2ccc(O)cc21. The molecule has 3 nitrogen and oxygen atoms in total. The molecule has 0 bridgehead atoms. The second kappa shape index (κ2) is 4.78. The van der Waals surface area contributed by atoms with Crippen molar-refractivity contribution in [3.05, 3.63) is 66.2 Å². The molecule has 19 heavy (non-hydrogen) atoms. The summed E-state index contributed by atoms with van der Waals surface area (Å²) in [7, 11) is 0. The molecule has 0 aromatic heterocycles. The zero-order valence-electron chi connectivity index (χ0n) is 10.4. The number of fused-ring (bicyclic) bond motifs is 2. The highest BCUT2D eigenvalue weighted by Crippen LogP contribution is 2.45. The number of phenols is 1. The molecule has 2 aromatic rings. The quantitative estimate of drug-likeness (QED) is 0.847. The summed E-state index contributed by atoms with van der Waals surface area (Å²) in [5, 5.41) is 9.65. The van der Waals surface area contributed by atoms with Crippen LogP contribution in [0.5, 0.6) is 17.2 Å². The lowest BCUT2D eigenvalue weighted by Crippen LogP contribution is -2.13. The van der Waals surface area contributed by atoms with Gasteiger partial charge in [0.2, 0.25) is 0 Å². The smallest absolute Gasteiger partial charge is 0.133 e. The average molecular weight is 254 g/mol. The van der Waals surface area contributed by atoms with Gasteiger partial charge in [0, 0.05) is 11.1 Å². The van der Waals surface area contributed by atoms with Crippen LogP contribution in [0, 0.1) is 0 Å². The van der Waals surface area contributed by atoms with Gasteiger partial charge in [0.25, 0.3) is 0 Å². The maximum Gasteiger partial charge on any atom is 0.133 e. The second-order valence-corrected chi connectivity index (χ2v) is 4.36. The van der Waals surface area contributed by atoms with Gasteiger partial charge < -0.3 is 14.6 Å². The normalized spacial score (nSPS) is 16.1. The van der Waals surface area contributed by atoms with E-state index in [0.29, 0.717) is 12.4 Å². The Morgan fingerprint density at radius 1 is 1.16 bits per heavy atom. The summed E-state index contributed by atoms with van der Waals surface area (Å²) in [4.78, 5) is 0. The van der Waals surface area contributed by atoms with Crippen LogP contribution < -0.4 is 4.74 Å². The third kappa shape index (κ3) is 2.09. The third-order valence-corrected chi connectivity index (χ3v) is 3.08. The molecule has 3 rings (SSSR count). The monoisotopic (exact) mass is 254 g/mol. The summed E-state index contributed by atoms with van der Waals surface area (Å²) in [5.74, 6) is 1.70. The third-order valence-electron chi connectivity index (χ3n) is 3.08. The number of phenolic OH excluding ortho intramolecular Hbond substituents is 1. The van der Waals surface area contributed by atoms with Gasteiger partial charge in [-0.05, 0) is 24.3 Å². The largest absolute Gasteiger partial charge is 0.508 e. The van der Waals surface area contributed by atoms with Crippen molar-refractivity contribution in [1.29, 1.82) is 0 Å². The molecule has 3 heteroatoms. The van der Waals surface area contributed by atoms with Crippen molar-refractivity contribution >= 4 is 0 Å². The number of aromatic hydroxyl groups is 1. The Balaban J connectivity index is 2.10. The van der Waals surface area contributed by atoms with Crippen LogP contribution in [0.1, 0.15) is 17.2 Å². The van der Waals surface area contributed by atoms with E-state index in [2.05, 4.69) is 6.58 Å². The summed E-state index contributed by atoms with van der Waals surface area (Å²) in [6.07, 6.45) is 1.46. The number of hydrogen-bond donors (Lipinski definition) is 1. The predicted octanol–water partition coefficient (Wildman–Crippen LogP) is 3.79. The Bertz CT molecular complexity index is 619. The van der Waals surface area contributed by atoms with E-state index in [1.165, 1.54) is 0 Å². The lowest BCUT2D eigenvalue weighted by atomic mass is 9.97. The molecule has 1 heterocycles. The molecule has 0 radical (unpaired) electrons. The van der Waals surface area contributed by atoms with Gasteiger partial charge in [-0.1, -0.05) is 24.3 Å². The van der Waals surface area contributed by atoms with Gasteiger partial charge in [-0.25, -0.2) is 0 Å². The average Bonchev–Trinajstić information content (AvgIpc) is 2.44. The van der Waals surface area contributed by atoms with Crippen molar-refractivity contribution in [3.8, 4) is 17.2 Å². The van der Waals surface area contributed by atoms with Gasteiger partial charge in [-0.2, -0.15) is 0 Å². The van der Waals surface area contributed by atoms with Crippen molar-refractivity contribution in [2.45, 2.75) is 6.10 Å². The molecule has 0 amide bonds. The first-order valence-electron chi connectivity index (χ1n) is 6.12. The molecule has 2 aromatic carbocycles. The summed E-state index contributed by atoms with van der Waals surface area (Å²) < 4.78 is 11.7. The maximum atomic E-state index is 9.65. The topological polar surface area (TPSA) is 38.7 Å². The number of ether oxygens (including phenoxy) is 2. The minimum Gasteiger partial charge on any atom is -0.508 e. The van der Waals surface area contributed by atoms with E-state index in [9.17, 15) is 5.11 Å². The summed E-state index contributed by atoms with van der Waals surface area (Å²) >= 11 is 0. The highest BCUT2D eigenvalue weighted by molar-refractivity contribution is 5.54. The first-order valence-corrected chi connectivity index (χ1v) is 6.12. The number of benzene rings is 2. The van der Waals surface area contributed by atoms with E-state index in [-0.39, 0.29) is 11.9 Å². The van der Waals surface area contributed by atoms with Crippen molar-refractivity contribution in [1.82, 2.24) is 0 Å². The minimum atomic E-state index is -0.245. The molecule has 1 atom stereocenters. The van der Waals surface area contributed by atoms with Gasteiger partial charge in [0.15, 0.2) is 0 Å². The molecule has 1 N–H and O–H groups in total. The van der Waals surface area contributed by atoms with Gasteiger partial charge in [-0.3, -0.25) is 0 Å². The minimum absolute atomic E-state index is 0.203. The first-order chi connectivity index (χ1) is 9.29. The molecule has 0 aliphatic carbocycles. The zero-order valence-corrected chi connectivity index (χ0v) is 10.4. The number of para-hydroxylation sites is 1. The molecule has 0 spiro atoms. The fourth-order valence-electron chi connectivity index (χ4n) is 2.25. The van der Waals surface area contributed by atoms with Gasteiger partial charge in [0.1, 0.15) is 23.4 Å². The zero-order chi connectivity index (χ0) is 13.2. The Morgan fingerprint density at radius 3 is 2.79 bits per heavy atom. The number of rotatable bonds is 3. The molecule has 1 aliphatic rings. The van der Waals surface area contributed by atoms with E-state index in [1.54, 1.807) is 24.3 Å². The Kier molecular flexibility index (Phi) is 2.97. The van der Waals surface area contributed by atoms with Crippen molar-refractivity contribution < 1.29 is 14.6 Å². The predicted molar refractivity (Wildman–Crippen MR) is 72.6 cm³/mol. The lowest BCUT2D eigenvalue weighted by molar-refractivity contribution is 0.0959. The molecule has 96 valence electrons. The van der Waals surface area contributed by atoms with Crippen LogP contribution in [0.3, 0.4) is 0 Å². The first kappa shape index (κ1) is 11.8. The highest BCUT2D eigenvalue weighted by atomic mass is 16.5. The molecular weight excluding hydrogens is 240 g/mol. The fraction of sp³-hybridized carbons (Fsp3) is 0.125. The van der Waals surface area contributed by atoms with Crippen LogP contribution in [0.4, 0.5) is 0 Å². The molecular formula is C16H14O3. The van der Waals surface area contributed by atoms with Crippen molar-refractivity contribution in [2.24, 2.45) is 0 Å². The summed E-state index contributed by atoms with van der Waals surface area (Å²) in [5.41, 5.74) is 1.79. The molecule has 0 saturated carbocycles. The van der Waals surface area contributed by atoms with Crippen LogP contribution >= 0.6 is 0 Å². The van der Waals surface area contributed by atoms with Gasteiger partial charge >= 0.3 is 0 Å². The van der Waals surface area contributed by atoms with Gasteiger partial charge in [-0.15, -0.1) is 6.58 Å². The molecule has 0 saturated heterocycles. The van der Waals surface area contributed by atoms with E-state index in [4.69, 9.17) is 9.47 Å². The Labute approximate surface area is 111 Å². The van der Waals surface area contributed by atoms with Crippen LogP contribution in [0.15, 0.2) is 55.1 Å². The highest BCUT2D eigenvalue weighted by Gasteiger charge is 2.27. The van der Waals surface area contributed by atoms with E-state index < -0.39 is 0 Å². The van der Waals surface area contributed by atoms with Crippen LogP contribution in [-0.2, 0) is 4.74 Å². The van der Waals surface area contributed by atoms with Crippen molar-refractivity contribution in [3.63, 3.8) is 0 Å². The van der Waals surface area contributed by atoms with E-state index in [1.807, 2.05) is 24.3 Å². The Morgan fingerprint density at radius 2 is 1.95 bits per heavy atom. The van der Waals surface area contributed by atoms with Crippen LogP contribution in [0.2, 0.25) is 0 Å². The molecule has 1 unspecified atom stereocenters. The molecule has 0 fully saturated rings. The maximum absolute atomic E-state index is 9.65. The Hall–Kier alpha value is -2.26. The lowest BCUT2D eigenvalue weighted by Gasteiger charge is -2.28. The standard InChI is InChI=1S/C16H14O3/c1-2-9-18-16-12-5-3-4-6-14(12)19-15-8-7-11(17)10-13(15)16/h2-8,10,16-17H,1,9H2. The van der Waals surface area contributed by atoms with Gasteiger partial charge in [0.05, 0.1) is 6.61 Å². The van der Waals surface area contributed by atoms with Crippen LogP contribution in [-0.4, -0.2) is 11.7 Å². The van der Waals surface area contributed by atoms with E-state index >= 15 is 0 Å². The summed E-state index contributed by atoms with van der Waals surface area (Å²) in [6, 6.07) is 12.8. The van der Waals surface area contributed by atoms with Crippen molar-refractivity contribution in [2.75, 3.05) is 6.61 Å². The van der Waals surface area contributed by atoms with Crippen LogP contribution in [0.25, 0.3) is 0 Å². The summed E-state index contributed by atoms with van der Waals surface area (Å²) in [6.45, 7) is 4.11. The fourth-order valence-corrected chi connectivity index (χ4v) is 2.25. The van der Waals surface area contributed by atoms with E-state index in [0.717, 1.165) is 16.9 Å². The number of hydrogen-bond acceptors (Lipinski definition) is 3. The second-order valence-electron chi connectivity index (χ2n) is 4.36. The molecule has 1 aliphatic heterocycles.